The fourth-order valence-corrected chi connectivity index (χ4v) is 2.92. The molecule has 1 aromatic rings. The SMILES string of the molecule is CCOC(=O)C(N)Cc1ccc(N2CCCCC2)cc1C(F)(F)F. The second-order valence-electron chi connectivity index (χ2n) is 5.95. The van der Waals surface area contributed by atoms with E-state index in [0.717, 1.165) is 32.4 Å². The quantitative estimate of drug-likeness (QED) is 0.834. The van der Waals surface area contributed by atoms with E-state index in [9.17, 15) is 18.0 Å². The number of carbonyl (C=O) groups excluding carboxylic acids is 1. The molecule has 1 aromatic carbocycles. The number of hydrogen-bond donors (Lipinski definition) is 1. The van der Waals surface area contributed by atoms with Crippen LogP contribution < -0.4 is 10.6 Å². The lowest BCUT2D eigenvalue weighted by molar-refractivity contribution is -0.145. The summed E-state index contributed by atoms with van der Waals surface area (Å²) in [6.07, 6.45) is -1.62. The maximum Gasteiger partial charge on any atom is 0.416 e. The van der Waals surface area contributed by atoms with E-state index in [4.69, 9.17) is 10.5 Å². The predicted molar refractivity (Wildman–Crippen MR) is 85.8 cm³/mol. The Bertz CT molecular complexity index is 569. The number of ether oxygens (including phenoxy) is 1. The van der Waals surface area contributed by atoms with Crippen LogP contribution in [0.15, 0.2) is 18.2 Å². The Morgan fingerprint density at radius 3 is 2.54 bits per heavy atom. The summed E-state index contributed by atoms with van der Waals surface area (Å²) in [5.41, 5.74) is 5.53. The van der Waals surface area contributed by atoms with Crippen LogP contribution in [0.2, 0.25) is 0 Å². The summed E-state index contributed by atoms with van der Waals surface area (Å²) in [5.74, 6) is -0.689. The molecular weight excluding hydrogens is 321 g/mol. The highest BCUT2D eigenvalue weighted by Gasteiger charge is 2.35. The van der Waals surface area contributed by atoms with Crippen molar-refractivity contribution in [3.05, 3.63) is 29.3 Å². The first kappa shape index (κ1) is 18.6. The maximum absolute atomic E-state index is 13.4. The van der Waals surface area contributed by atoms with E-state index in [-0.39, 0.29) is 18.6 Å². The van der Waals surface area contributed by atoms with E-state index < -0.39 is 23.8 Å². The second kappa shape index (κ2) is 7.88. The lowest BCUT2D eigenvalue weighted by Crippen LogP contribution is -2.35. The van der Waals surface area contributed by atoms with Crippen molar-refractivity contribution in [2.24, 2.45) is 5.73 Å². The van der Waals surface area contributed by atoms with E-state index in [0.29, 0.717) is 5.69 Å². The monoisotopic (exact) mass is 344 g/mol. The molecule has 7 heteroatoms. The lowest BCUT2D eigenvalue weighted by Gasteiger charge is -2.30. The van der Waals surface area contributed by atoms with Gasteiger partial charge in [0.15, 0.2) is 0 Å². The zero-order valence-electron chi connectivity index (χ0n) is 13.7. The van der Waals surface area contributed by atoms with Gasteiger partial charge in [-0.25, -0.2) is 0 Å². The van der Waals surface area contributed by atoms with Crippen LogP contribution in [0.5, 0.6) is 0 Å². The molecule has 0 bridgehead atoms. The van der Waals surface area contributed by atoms with E-state index >= 15 is 0 Å². The van der Waals surface area contributed by atoms with Gasteiger partial charge in [0.2, 0.25) is 0 Å². The average molecular weight is 344 g/mol. The first-order valence-electron chi connectivity index (χ1n) is 8.20. The molecule has 1 aliphatic rings. The third-order valence-electron chi connectivity index (χ3n) is 4.15. The summed E-state index contributed by atoms with van der Waals surface area (Å²) < 4.78 is 45.0. The van der Waals surface area contributed by atoms with Crippen molar-refractivity contribution in [3.63, 3.8) is 0 Å². The smallest absolute Gasteiger partial charge is 0.416 e. The van der Waals surface area contributed by atoms with Crippen LogP contribution in [0.1, 0.15) is 37.3 Å². The topological polar surface area (TPSA) is 55.6 Å². The van der Waals surface area contributed by atoms with Crippen molar-refractivity contribution in [2.45, 2.75) is 44.8 Å². The molecule has 1 atom stereocenters. The molecule has 1 fully saturated rings. The second-order valence-corrected chi connectivity index (χ2v) is 5.95. The summed E-state index contributed by atoms with van der Waals surface area (Å²) >= 11 is 0. The minimum atomic E-state index is -4.49. The number of carbonyl (C=O) groups is 1. The van der Waals surface area contributed by atoms with Crippen LogP contribution in [-0.2, 0) is 22.1 Å². The molecule has 24 heavy (non-hydrogen) atoms. The molecular formula is C17H23F3N2O2. The van der Waals surface area contributed by atoms with Gasteiger partial charge in [0.05, 0.1) is 12.2 Å². The fourth-order valence-electron chi connectivity index (χ4n) is 2.92. The number of halogens is 3. The minimum absolute atomic E-state index is 0.0174. The molecule has 134 valence electrons. The molecule has 2 N–H and O–H groups in total. The van der Waals surface area contributed by atoms with Gasteiger partial charge in [-0.15, -0.1) is 0 Å². The number of nitrogens with zero attached hydrogens (tertiary/aromatic N) is 1. The molecule has 1 aliphatic heterocycles. The van der Waals surface area contributed by atoms with Crippen molar-refractivity contribution < 1.29 is 22.7 Å². The number of anilines is 1. The van der Waals surface area contributed by atoms with Crippen LogP contribution in [0.4, 0.5) is 18.9 Å². The van der Waals surface area contributed by atoms with Crippen LogP contribution in [-0.4, -0.2) is 31.7 Å². The number of nitrogens with two attached hydrogens (primary N) is 1. The highest BCUT2D eigenvalue weighted by molar-refractivity contribution is 5.76. The molecule has 0 saturated carbocycles. The molecule has 4 nitrogen and oxygen atoms in total. The molecule has 0 aliphatic carbocycles. The summed E-state index contributed by atoms with van der Waals surface area (Å²) in [6.45, 7) is 3.30. The summed E-state index contributed by atoms with van der Waals surface area (Å²) in [5, 5.41) is 0. The Labute approximate surface area is 139 Å². The van der Waals surface area contributed by atoms with Gasteiger partial charge in [0, 0.05) is 18.8 Å². The lowest BCUT2D eigenvalue weighted by atomic mass is 9.98. The molecule has 1 heterocycles. The summed E-state index contributed by atoms with van der Waals surface area (Å²) in [6, 6.07) is 3.16. The number of piperidine rings is 1. The maximum atomic E-state index is 13.4. The molecule has 0 amide bonds. The zero-order chi connectivity index (χ0) is 17.7. The number of hydrogen-bond acceptors (Lipinski definition) is 4. The minimum Gasteiger partial charge on any atom is -0.465 e. The number of benzene rings is 1. The van der Waals surface area contributed by atoms with Crippen molar-refractivity contribution in [1.29, 1.82) is 0 Å². The van der Waals surface area contributed by atoms with Crippen LogP contribution >= 0.6 is 0 Å². The van der Waals surface area contributed by atoms with Crippen molar-refractivity contribution in [3.8, 4) is 0 Å². The van der Waals surface area contributed by atoms with E-state index in [1.165, 1.54) is 12.1 Å². The first-order valence-corrected chi connectivity index (χ1v) is 8.20. The molecule has 1 unspecified atom stereocenters. The van der Waals surface area contributed by atoms with Crippen LogP contribution in [0.3, 0.4) is 0 Å². The number of rotatable bonds is 5. The molecule has 2 rings (SSSR count). The average Bonchev–Trinajstić information content (AvgIpc) is 2.55. The highest BCUT2D eigenvalue weighted by atomic mass is 19.4. The summed E-state index contributed by atoms with van der Waals surface area (Å²) in [7, 11) is 0. The van der Waals surface area contributed by atoms with Crippen molar-refractivity contribution in [1.82, 2.24) is 0 Å². The van der Waals surface area contributed by atoms with E-state index in [2.05, 4.69) is 0 Å². The van der Waals surface area contributed by atoms with Gasteiger partial charge in [-0.3, -0.25) is 4.79 Å². The Morgan fingerprint density at radius 2 is 1.96 bits per heavy atom. The third kappa shape index (κ3) is 4.63. The Hall–Kier alpha value is -1.76. The van der Waals surface area contributed by atoms with Crippen LogP contribution in [0.25, 0.3) is 0 Å². The number of alkyl halides is 3. The molecule has 0 spiro atoms. The van der Waals surface area contributed by atoms with Crippen molar-refractivity contribution in [2.75, 3.05) is 24.6 Å². The van der Waals surface area contributed by atoms with Gasteiger partial charge in [-0.05, 0) is 50.3 Å². The van der Waals surface area contributed by atoms with Gasteiger partial charge in [0.25, 0.3) is 0 Å². The van der Waals surface area contributed by atoms with Crippen LogP contribution in [0, 0.1) is 0 Å². The fraction of sp³-hybridized carbons (Fsp3) is 0.588. The largest absolute Gasteiger partial charge is 0.465 e. The zero-order valence-corrected chi connectivity index (χ0v) is 13.7. The first-order chi connectivity index (χ1) is 11.3. The van der Waals surface area contributed by atoms with Gasteiger partial charge < -0.3 is 15.4 Å². The Balaban J connectivity index is 2.25. The standard InChI is InChI=1S/C17H23F3N2O2/c1-2-24-16(23)15(21)10-12-6-7-13(11-14(12)17(18,19)20)22-8-4-3-5-9-22/h6-7,11,15H,2-5,8-10,21H2,1H3. The van der Waals surface area contributed by atoms with E-state index in [1.807, 2.05) is 4.90 Å². The van der Waals surface area contributed by atoms with Crippen molar-refractivity contribution >= 4 is 11.7 Å². The predicted octanol–water partition coefficient (Wildman–Crippen LogP) is 3.13. The van der Waals surface area contributed by atoms with Gasteiger partial charge >= 0.3 is 12.1 Å². The normalized spacial score (nSPS) is 16.8. The Morgan fingerprint density at radius 1 is 1.29 bits per heavy atom. The van der Waals surface area contributed by atoms with E-state index in [1.54, 1.807) is 13.0 Å². The summed E-state index contributed by atoms with van der Waals surface area (Å²) in [4.78, 5) is 13.6. The molecule has 0 aromatic heterocycles. The molecule has 1 saturated heterocycles. The van der Waals surface area contributed by atoms with Gasteiger partial charge in [0.1, 0.15) is 6.04 Å². The third-order valence-corrected chi connectivity index (χ3v) is 4.15. The highest BCUT2D eigenvalue weighted by Crippen LogP contribution is 2.35. The number of esters is 1. The Kier molecular flexibility index (Phi) is 6.10. The molecule has 0 radical (unpaired) electrons. The van der Waals surface area contributed by atoms with Gasteiger partial charge in [-0.2, -0.15) is 13.2 Å². The van der Waals surface area contributed by atoms with Gasteiger partial charge in [-0.1, -0.05) is 6.07 Å².